The molecule has 0 spiro atoms. The van der Waals surface area contributed by atoms with E-state index in [1.54, 1.807) is 20.2 Å². The van der Waals surface area contributed by atoms with Crippen molar-refractivity contribution in [3.05, 3.63) is 11.9 Å². The van der Waals surface area contributed by atoms with Crippen LogP contribution in [-0.2, 0) is 17.4 Å². The van der Waals surface area contributed by atoms with Crippen LogP contribution in [0.2, 0.25) is 0 Å². The molecule has 0 aliphatic heterocycles. The van der Waals surface area contributed by atoms with E-state index in [4.69, 9.17) is 11.5 Å². The van der Waals surface area contributed by atoms with Gasteiger partial charge < -0.3 is 11.5 Å². The van der Waals surface area contributed by atoms with Gasteiger partial charge in [0.25, 0.3) is 0 Å². The standard InChI is InChI=1S/C7H13N5O/c1-7(9,3-6(8)13)5-4-12(2)11-10-5/h4H,3,9H2,1-2H3,(H2,8,13). The second-order valence-electron chi connectivity index (χ2n) is 3.34. The second kappa shape index (κ2) is 3.14. The first kappa shape index (κ1) is 9.66. The highest BCUT2D eigenvalue weighted by Crippen LogP contribution is 2.17. The third kappa shape index (κ3) is 2.25. The number of nitrogens with two attached hydrogens (primary N) is 2. The SMILES string of the molecule is Cn1cc(C(C)(N)CC(N)=O)nn1. The topological polar surface area (TPSA) is 99.8 Å². The van der Waals surface area contributed by atoms with Crippen LogP contribution in [0.25, 0.3) is 0 Å². The first-order valence-corrected chi connectivity index (χ1v) is 3.86. The Morgan fingerprint density at radius 3 is 2.77 bits per heavy atom. The van der Waals surface area contributed by atoms with Crippen molar-refractivity contribution in [2.45, 2.75) is 18.9 Å². The van der Waals surface area contributed by atoms with E-state index in [0.717, 1.165) is 0 Å². The summed E-state index contributed by atoms with van der Waals surface area (Å²) in [5, 5.41) is 7.55. The molecular weight excluding hydrogens is 170 g/mol. The van der Waals surface area contributed by atoms with E-state index >= 15 is 0 Å². The first-order valence-electron chi connectivity index (χ1n) is 3.86. The van der Waals surface area contributed by atoms with Gasteiger partial charge in [-0.25, -0.2) is 0 Å². The average molecular weight is 183 g/mol. The van der Waals surface area contributed by atoms with Crippen molar-refractivity contribution < 1.29 is 4.79 Å². The highest BCUT2D eigenvalue weighted by atomic mass is 16.1. The van der Waals surface area contributed by atoms with E-state index in [9.17, 15) is 4.79 Å². The van der Waals surface area contributed by atoms with E-state index in [0.29, 0.717) is 5.69 Å². The molecule has 0 aromatic carbocycles. The Labute approximate surface area is 75.9 Å². The van der Waals surface area contributed by atoms with Gasteiger partial charge in [-0.3, -0.25) is 9.48 Å². The summed E-state index contributed by atoms with van der Waals surface area (Å²) in [4.78, 5) is 10.7. The van der Waals surface area contributed by atoms with Crippen LogP contribution in [0.15, 0.2) is 6.20 Å². The highest BCUT2D eigenvalue weighted by molar-refractivity contribution is 5.75. The summed E-state index contributed by atoms with van der Waals surface area (Å²) in [5.74, 6) is -0.448. The molecule has 1 amide bonds. The molecule has 1 aromatic heterocycles. The summed E-state index contributed by atoms with van der Waals surface area (Å²) in [7, 11) is 1.73. The second-order valence-corrected chi connectivity index (χ2v) is 3.34. The van der Waals surface area contributed by atoms with Crippen molar-refractivity contribution in [1.29, 1.82) is 0 Å². The Hall–Kier alpha value is -1.43. The first-order chi connectivity index (χ1) is 5.92. The van der Waals surface area contributed by atoms with E-state index in [2.05, 4.69) is 10.3 Å². The van der Waals surface area contributed by atoms with Crippen LogP contribution in [-0.4, -0.2) is 20.9 Å². The molecule has 1 heterocycles. The molecule has 0 bridgehead atoms. The molecule has 1 rings (SSSR count). The molecule has 0 saturated heterocycles. The quantitative estimate of drug-likeness (QED) is 0.618. The lowest BCUT2D eigenvalue weighted by Crippen LogP contribution is -2.38. The number of aryl methyl sites for hydroxylation is 1. The molecule has 13 heavy (non-hydrogen) atoms. The van der Waals surface area contributed by atoms with Gasteiger partial charge in [-0.05, 0) is 6.92 Å². The van der Waals surface area contributed by atoms with Crippen LogP contribution >= 0.6 is 0 Å². The van der Waals surface area contributed by atoms with Crippen LogP contribution < -0.4 is 11.5 Å². The fraction of sp³-hybridized carbons (Fsp3) is 0.571. The van der Waals surface area contributed by atoms with Crippen molar-refractivity contribution in [3.8, 4) is 0 Å². The van der Waals surface area contributed by atoms with Crippen LogP contribution in [0.1, 0.15) is 19.0 Å². The Morgan fingerprint density at radius 1 is 1.77 bits per heavy atom. The lowest BCUT2D eigenvalue weighted by atomic mass is 9.95. The molecule has 1 atom stereocenters. The summed E-state index contributed by atoms with van der Waals surface area (Å²) >= 11 is 0. The minimum atomic E-state index is -0.833. The Morgan fingerprint density at radius 2 is 2.38 bits per heavy atom. The van der Waals surface area contributed by atoms with E-state index < -0.39 is 11.4 Å². The minimum Gasteiger partial charge on any atom is -0.370 e. The van der Waals surface area contributed by atoms with Gasteiger partial charge in [-0.2, -0.15) is 0 Å². The number of hydrogen-bond donors (Lipinski definition) is 2. The minimum absolute atomic E-state index is 0.0612. The maximum atomic E-state index is 10.7. The number of amides is 1. The molecule has 6 nitrogen and oxygen atoms in total. The Kier molecular flexibility index (Phi) is 2.33. The maximum Gasteiger partial charge on any atom is 0.219 e. The normalized spacial score (nSPS) is 15.3. The molecule has 1 aromatic rings. The molecule has 0 radical (unpaired) electrons. The van der Waals surface area contributed by atoms with Crippen LogP contribution in [0.4, 0.5) is 0 Å². The molecular formula is C7H13N5O. The van der Waals surface area contributed by atoms with E-state index in [1.165, 1.54) is 4.68 Å². The van der Waals surface area contributed by atoms with Crippen molar-refractivity contribution in [2.24, 2.45) is 18.5 Å². The summed E-state index contributed by atoms with van der Waals surface area (Å²) in [6.45, 7) is 1.70. The highest BCUT2D eigenvalue weighted by Gasteiger charge is 2.26. The fourth-order valence-electron chi connectivity index (χ4n) is 1.06. The number of primary amides is 1. The Bertz CT molecular complexity index is 316. The predicted molar refractivity (Wildman–Crippen MR) is 46.4 cm³/mol. The zero-order chi connectivity index (χ0) is 10.1. The van der Waals surface area contributed by atoms with E-state index in [1.807, 2.05) is 0 Å². The maximum absolute atomic E-state index is 10.7. The summed E-state index contributed by atoms with van der Waals surface area (Å²) < 4.78 is 1.53. The van der Waals surface area contributed by atoms with Gasteiger partial charge in [0, 0.05) is 19.7 Å². The summed E-state index contributed by atoms with van der Waals surface area (Å²) in [5.41, 5.74) is 10.6. The molecule has 6 heteroatoms. The third-order valence-corrected chi connectivity index (χ3v) is 1.73. The van der Waals surface area contributed by atoms with Gasteiger partial charge in [0.05, 0.1) is 5.54 Å². The number of rotatable bonds is 3. The van der Waals surface area contributed by atoms with Gasteiger partial charge in [0.15, 0.2) is 0 Å². The largest absolute Gasteiger partial charge is 0.370 e. The number of carbonyl (C=O) groups is 1. The number of aromatic nitrogens is 3. The molecule has 1 unspecified atom stereocenters. The lowest BCUT2D eigenvalue weighted by molar-refractivity contribution is -0.119. The van der Waals surface area contributed by atoms with Gasteiger partial charge in [0.2, 0.25) is 5.91 Å². The summed E-state index contributed by atoms with van der Waals surface area (Å²) in [6, 6.07) is 0. The van der Waals surface area contributed by atoms with Crippen molar-refractivity contribution in [3.63, 3.8) is 0 Å². The zero-order valence-electron chi connectivity index (χ0n) is 7.69. The lowest BCUT2D eigenvalue weighted by Gasteiger charge is -2.19. The van der Waals surface area contributed by atoms with Gasteiger partial charge in [0.1, 0.15) is 5.69 Å². The number of nitrogens with zero attached hydrogens (tertiary/aromatic N) is 3. The van der Waals surface area contributed by atoms with Crippen LogP contribution in [0.3, 0.4) is 0 Å². The van der Waals surface area contributed by atoms with Crippen molar-refractivity contribution >= 4 is 5.91 Å². The third-order valence-electron chi connectivity index (χ3n) is 1.73. The fourth-order valence-corrected chi connectivity index (χ4v) is 1.06. The molecule has 4 N–H and O–H groups in total. The van der Waals surface area contributed by atoms with Gasteiger partial charge in [-0.1, -0.05) is 5.21 Å². The molecule has 0 aliphatic rings. The Balaban J connectivity index is 2.86. The smallest absolute Gasteiger partial charge is 0.219 e. The van der Waals surface area contributed by atoms with Crippen molar-refractivity contribution in [1.82, 2.24) is 15.0 Å². The molecule has 0 aliphatic carbocycles. The van der Waals surface area contributed by atoms with Crippen LogP contribution in [0.5, 0.6) is 0 Å². The molecule has 0 saturated carbocycles. The zero-order valence-corrected chi connectivity index (χ0v) is 7.69. The monoisotopic (exact) mass is 183 g/mol. The number of carbonyl (C=O) groups excluding carboxylic acids is 1. The van der Waals surface area contributed by atoms with Gasteiger partial charge >= 0.3 is 0 Å². The summed E-state index contributed by atoms with van der Waals surface area (Å²) in [6.07, 6.45) is 1.73. The average Bonchev–Trinajstić information content (AvgIpc) is 2.32. The molecule has 0 fully saturated rings. The van der Waals surface area contributed by atoms with E-state index in [-0.39, 0.29) is 6.42 Å². The molecule has 72 valence electrons. The predicted octanol–water partition coefficient (Wildman–Crippen LogP) is -1.14. The van der Waals surface area contributed by atoms with Crippen LogP contribution in [0, 0.1) is 0 Å². The van der Waals surface area contributed by atoms with Crippen molar-refractivity contribution in [2.75, 3.05) is 0 Å². The van der Waals surface area contributed by atoms with Gasteiger partial charge in [-0.15, -0.1) is 5.10 Å². The number of hydrogen-bond acceptors (Lipinski definition) is 4.